The first kappa shape index (κ1) is 14.3. The van der Waals surface area contributed by atoms with Crippen molar-refractivity contribution in [1.82, 2.24) is 10.2 Å². The predicted molar refractivity (Wildman–Crippen MR) is 71.8 cm³/mol. The van der Waals surface area contributed by atoms with Crippen molar-refractivity contribution in [3.05, 3.63) is 0 Å². The Morgan fingerprint density at radius 1 is 1.32 bits per heavy atom. The summed E-state index contributed by atoms with van der Waals surface area (Å²) in [4.78, 5) is 25.4. The highest BCUT2D eigenvalue weighted by Crippen LogP contribution is 2.24. The first-order valence-corrected chi connectivity index (χ1v) is 7.40. The quantitative estimate of drug-likeness (QED) is 0.807. The molecule has 2 aliphatic heterocycles. The largest absolute Gasteiger partial charge is 0.480 e. The van der Waals surface area contributed by atoms with Crippen LogP contribution in [0, 0.1) is 5.92 Å². The van der Waals surface area contributed by atoms with Gasteiger partial charge in [-0.15, -0.1) is 0 Å². The van der Waals surface area contributed by atoms with E-state index in [1.807, 2.05) is 0 Å². The minimum Gasteiger partial charge on any atom is -0.480 e. The lowest BCUT2D eigenvalue weighted by atomic mass is 9.89. The Kier molecular flexibility index (Phi) is 4.80. The molecule has 0 saturated carbocycles. The molecule has 5 heteroatoms. The number of carboxylic acids is 1. The van der Waals surface area contributed by atoms with E-state index >= 15 is 0 Å². The molecule has 19 heavy (non-hydrogen) atoms. The van der Waals surface area contributed by atoms with E-state index < -0.39 is 12.0 Å². The Bertz CT molecular complexity index is 346. The van der Waals surface area contributed by atoms with Crippen molar-refractivity contribution >= 4 is 11.9 Å². The van der Waals surface area contributed by atoms with E-state index in [4.69, 9.17) is 0 Å². The zero-order valence-corrected chi connectivity index (χ0v) is 11.6. The Morgan fingerprint density at radius 3 is 2.79 bits per heavy atom. The van der Waals surface area contributed by atoms with Crippen LogP contribution in [0.15, 0.2) is 0 Å². The summed E-state index contributed by atoms with van der Waals surface area (Å²) in [6.07, 6.45) is 5.45. The average molecular weight is 268 g/mol. The highest BCUT2D eigenvalue weighted by atomic mass is 16.4. The second-order valence-electron chi connectivity index (χ2n) is 5.69. The normalized spacial score (nSPS) is 32.1. The van der Waals surface area contributed by atoms with Gasteiger partial charge in [0.25, 0.3) is 0 Å². The fourth-order valence-corrected chi connectivity index (χ4v) is 3.21. The lowest BCUT2D eigenvalue weighted by Crippen LogP contribution is -2.56. The van der Waals surface area contributed by atoms with Crippen LogP contribution in [0.1, 0.15) is 45.4 Å². The van der Waals surface area contributed by atoms with Crippen molar-refractivity contribution in [1.29, 1.82) is 0 Å². The second kappa shape index (κ2) is 6.37. The lowest BCUT2D eigenvalue weighted by molar-refractivity contribution is -0.153. The third kappa shape index (κ3) is 3.26. The molecule has 0 aromatic heterocycles. The van der Waals surface area contributed by atoms with Gasteiger partial charge < -0.3 is 15.3 Å². The Balaban J connectivity index is 2.02. The molecule has 0 radical (unpaired) electrons. The third-order valence-electron chi connectivity index (χ3n) is 4.46. The molecule has 0 aromatic carbocycles. The van der Waals surface area contributed by atoms with Crippen molar-refractivity contribution < 1.29 is 14.7 Å². The van der Waals surface area contributed by atoms with E-state index in [2.05, 4.69) is 12.2 Å². The number of aliphatic carboxylic acids is 1. The van der Waals surface area contributed by atoms with Crippen molar-refractivity contribution in [2.24, 2.45) is 5.92 Å². The summed E-state index contributed by atoms with van der Waals surface area (Å²) in [5, 5.41) is 12.5. The first-order valence-electron chi connectivity index (χ1n) is 7.40. The van der Waals surface area contributed by atoms with Crippen LogP contribution in [0.3, 0.4) is 0 Å². The second-order valence-corrected chi connectivity index (χ2v) is 5.69. The molecule has 2 aliphatic rings. The maximum Gasteiger partial charge on any atom is 0.326 e. The molecule has 108 valence electrons. The van der Waals surface area contributed by atoms with Gasteiger partial charge in [-0.2, -0.15) is 0 Å². The zero-order valence-electron chi connectivity index (χ0n) is 11.6. The molecule has 0 bridgehead atoms. The van der Waals surface area contributed by atoms with Crippen LogP contribution in [0.25, 0.3) is 0 Å². The van der Waals surface area contributed by atoms with Gasteiger partial charge in [0.15, 0.2) is 0 Å². The number of rotatable bonds is 3. The maximum absolute atomic E-state index is 12.5. The molecule has 0 aliphatic carbocycles. The summed E-state index contributed by atoms with van der Waals surface area (Å²) in [7, 11) is 0. The van der Waals surface area contributed by atoms with Crippen molar-refractivity contribution in [2.45, 2.75) is 57.5 Å². The zero-order chi connectivity index (χ0) is 13.8. The first-order chi connectivity index (χ1) is 9.13. The van der Waals surface area contributed by atoms with Crippen molar-refractivity contribution in [2.75, 3.05) is 13.1 Å². The number of carbonyl (C=O) groups excluding carboxylic acids is 1. The minimum atomic E-state index is -0.865. The summed E-state index contributed by atoms with van der Waals surface area (Å²) in [6.45, 7) is 3.60. The molecule has 3 atom stereocenters. The van der Waals surface area contributed by atoms with Gasteiger partial charge in [0.1, 0.15) is 6.04 Å². The molecule has 2 unspecified atom stereocenters. The lowest BCUT2D eigenvalue weighted by Gasteiger charge is -2.38. The van der Waals surface area contributed by atoms with Gasteiger partial charge in [-0.25, -0.2) is 4.79 Å². The predicted octanol–water partition coefficient (Wildman–Crippen LogP) is 1.23. The summed E-state index contributed by atoms with van der Waals surface area (Å²) in [6, 6.07) is -0.802. The number of likely N-dealkylation sites (tertiary alicyclic amines) is 1. The van der Waals surface area contributed by atoms with Crippen LogP contribution in [-0.4, -0.2) is 47.1 Å². The Labute approximate surface area is 114 Å². The highest BCUT2D eigenvalue weighted by molar-refractivity contribution is 5.87. The Hall–Kier alpha value is -1.10. The number of hydrogen-bond donors (Lipinski definition) is 2. The molecule has 1 amide bonds. The number of piperidine rings is 2. The van der Waals surface area contributed by atoms with Crippen molar-refractivity contribution in [3.8, 4) is 0 Å². The summed E-state index contributed by atoms with van der Waals surface area (Å²) in [5.74, 6) is -0.288. The van der Waals surface area contributed by atoms with E-state index in [1.165, 1.54) is 0 Å². The van der Waals surface area contributed by atoms with Crippen LogP contribution in [-0.2, 0) is 9.59 Å². The smallest absolute Gasteiger partial charge is 0.326 e. The topological polar surface area (TPSA) is 69.6 Å². The van der Waals surface area contributed by atoms with Crippen LogP contribution in [0.4, 0.5) is 0 Å². The van der Waals surface area contributed by atoms with E-state index in [9.17, 15) is 14.7 Å². The number of nitrogens with one attached hydrogen (secondary N) is 1. The molecule has 2 N–H and O–H groups in total. The number of carboxylic acid groups (broad SMARTS) is 1. The monoisotopic (exact) mass is 268 g/mol. The van der Waals surface area contributed by atoms with E-state index in [-0.39, 0.29) is 11.9 Å². The standard InChI is InChI=1S/C14H24N2O3/c1-2-10-6-7-15-11(9-10)13(17)16-8-4-3-5-12(16)14(18)19/h10-12,15H,2-9H2,1H3,(H,18,19)/t10?,11?,12-/m1/s1. The van der Waals surface area contributed by atoms with Crippen molar-refractivity contribution in [3.63, 3.8) is 0 Å². The van der Waals surface area contributed by atoms with Crippen LogP contribution >= 0.6 is 0 Å². The van der Waals surface area contributed by atoms with Crippen LogP contribution in [0.5, 0.6) is 0 Å². The third-order valence-corrected chi connectivity index (χ3v) is 4.46. The average Bonchev–Trinajstić information content (AvgIpc) is 2.46. The molecule has 0 spiro atoms. The Morgan fingerprint density at radius 2 is 2.11 bits per heavy atom. The van der Waals surface area contributed by atoms with Gasteiger partial charge in [-0.1, -0.05) is 13.3 Å². The van der Waals surface area contributed by atoms with Crippen LogP contribution < -0.4 is 5.32 Å². The number of amides is 1. The summed E-state index contributed by atoms with van der Waals surface area (Å²) in [5.41, 5.74) is 0. The molecule has 5 nitrogen and oxygen atoms in total. The van der Waals surface area contributed by atoms with E-state index in [0.717, 1.165) is 38.6 Å². The number of carbonyl (C=O) groups is 2. The van der Waals surface area contributed by atoms with Gasteiger partial charge in [-0.05, 0) is 44.6 Å². The van der Waals surface area contributed by atoms with E-state index in [1.54, 1.807) is 4.90 Å². The minimum absolute atomic E-state index is 0.00903. The highest BCUT2D eigenvalue weighted by Gasteiger charge is 2.36. The SMILES string of the molecule is CCC1CCNC(C(=O)N2CCCC[C@@H]2C(=O)O)C1. The fraction of sp³-hybridized carbons (Fsp3) is 0.857. The summed E-state index contributed by atoms with van der Waals surface area (Å²) >= 11 is 0. The molecule has 2 saturated heterocycles. The fourth-order valence-electron chi connectivity index (χ4n) is 3.21. The molecular weight excluding hydrogens is 244 g/mol. The van der Waals surface area contributed by atoms with Gasteiger partial charge in [0, 0.05) is 6.54 Å². The number of hydrogen-bond acceptors (Lipinski definition) is 3. The maximum atomic E-state index is 12.5. The van der Waals surface area contributed by atoms with Crippen LogP contribution in [0.2, 0.25) is 0 Å². The molecule has 2 rings (SSSR count). The summed E-state index contributed by atoms with van der Waals surface area (Å²) < 4.78 is 0. The molecule has 0 aromatic rings. The molecular formula is C14H24N2O3. The molecule has 2 heterocycles. The van der Waals surface area contributed by atoms with Gasteiger partial charge >= 0.3 is 5.97 Å². The van der Waals surface area contributed by atoms with Gasteiger partial charge in [0.05, 0.1) is 6.04 Å². The van der Waals surface area contributed by atoms with E-state index in [0.29, 0.717) is 18.9 Å². The van der Waals surface area contributed by atoms with Gasteiger partial charge in [-0.3, -0.25) is 4.79 Å². The number of nitrogens with zero attached hydrogens (tertiary/aromatic N) is 1. The molecule has 2 fully saturated rings. The van der Waals surface area contributed by atoms with Gasteiger partial charge in [0.2, 0.25) is 5.91 Å².